The van der Waals surface area contributed by atoms with Gasteiger partial charge in [-0.05, 0) is 36.5 Å². The van der Waals surface area contributed by atoms with E-state index in [1.807, 2.05) is 24.3 Å². The van der Waals surface area contributed by atoms with Gasteiger partial charge in [-0.25, -0.2) is 0 Å². The van der Waals surface area contributed by atoms with E-state index in [1.54, 1.807) is 0 Å². The lowest BCUT2D eigenvalue weighted by Gasteiger charge is -2.13. The predicted molar refractivity (Wildman–Crippen MR) is 60.1 cm³/mol. The number of amides is 2. The molecule has 0 spiro atoms. The molecule has 1 saturated heterocycles. The van der Waals surface area contributed by atoms with Crippen LogP contribution in [0.25, 0.3) is 0 Å². The minimum Gasteiger partial charge on any atom is -0.274 e. The van der Waals surface area contributed by atoms with Gasteiger partial charge in [0.1, 0.15) is 0 Å². The number of benzene rings is 1. The molecule has 3 nitrogen and oxygen atoms in total. The van der Waals surface area contributed by atoms with E-state index in [0.29, 0.717) is 18.8 Å². The van der Waals surface area contributed by atoms with Gasteiger partial charge in [0.2, 0.25) is 11.8 Å². The number of hydrogen-bond donors (Lipinski definition) is 0. The number of nitrogens with zero attached hydrogens (tertiary/aromatic N) is 1. The largest absolute Gasteiger partial charge is 0.274 e. The van der Waals surface area contributed by atoms with Crippen molar-refractivity contribution in [2.24, 2.45) is 0 Å². The Labute approximate surface area is 94.1 Å². The first kappa shape index (κ1) is 9.58. The zero-order valence-electron chi connectivity index (χ0n) is 8.98. The maximum atomic E-state index is 11.5. The van der Waals surface area contributed by atoms with E-state index in [4.69, 9.17) is 0 Å². The first-order valence-electron chi connectivity index (χ1n) is 5.71. The molecular weight excluding hydrogens is 202 g/mol. The molecule has 2 fully saturated rings. The molecule has 0 atom stereocenters. The Balaban J connectivity index is 1.88. The highest BCUT2D eigenvalue weighted by Gasteiger charge is 2.30. The summed E-state index contributed by atoms with van der Waals surface area (Å²) >= 11 is 0. The van der Waals surface area contributed by atoms with Gasteiger partial charge in [-0.3, -0.25) is 14.5 Å². The topological polar surface area (TPSA) is 37.4 Å². The van der Waals surface area contributed by atoms with Crippen molar-refractivity contribution in [1.29, 1.82) is 0 Å². The predicted octanol–water partition coefficient (Wildman–Crippen LogP) is 2.22. The Morgan fingerprint density at radius 2 is 1.50 bits per heavy atom. The monoisotopic (exact) mass is 215 g/mol. The SMILES string of the molecule is O=C1CCC(=O)N1c1ccc(C2CC2)cc1. The van der Waals surface area contributed by atoms with Crippen molar-refractivity contribution in [3.63, 3.8) is 0 Å². The zero-order valence-corrected chi connectivity index (χ0v) is 8.98. The third-order valence-corrected chi connectivity index (χ3v) is 3.25. The Morgan fingerprint density at radius 3 is 2.00 bits per heavy atom. The van der Waals surface area contributed by atoms with Gasteiger partial charge in [0.05, 0.1) is 5.69 Å². The lowest BCUT2D eigenvalue weighted by atomic mass is 10.1. The van der Waals surface area contributed by atoms with E-state index in [1.165, 1.54) is 23.3 Å². The smallest absolute Gasteiger partial charge is 0.234 e. The van der Waals surface area contributed by atoms with E-state index < -0.39 is 0 Å². The second-order valence-electron chi connectivity index (χ2n) is 4.49. The third-order valence-electron chi connectivity index (χ3n) is 3.25. The molecule has 1 heterocycles. The first-order valence-corrected chi connectivity index (χ1v) is 5.71. The summed E-state index contributed by atoms with van der Waals surface area (Å²) in [6, 6.07) is 7.83. The van der Waals surface area contributed by atoms with Crippen molar-refractivity contribution in [3.05, 3.63) is 29.8 Å². The summed E-state index contributed by atoms with van der Waals surface area (Å²) in [6.07, 6.45) is 3.23. The third kappa shape index (κ3) is 1.52. The van der Waals surface area contributed by atoms with Crippen LogP contribution in [-0.4, -0.2) is 11.8 Å². The molecule has 1 aliphatic carbocycles. The fourth-order valence-electron chi connectivity index (χ4n) is 2.18. The first-order chi connectivity index (χ1) is 7.75. The van der Waals surface area contributed by atoms with Gasteiger partial charge in [0.15, 0.2) is 0 Å². The molecule has 82 valence electrons. The summed E-state index contributed by atoms with van der Waals surface area (Å²) in [5.74, 6) is 0.548. The van der Waals surface area contributed by atoms with Crippen molar-refractivity contribution in [3.8, 4) is 0 Å². The van der Waals surface area contributed by atoms with Crippen LogP contribution in [0.4, 0.5) is 5.69 Å². The molecule has 1 aliphatic heterocycles. The second kappa shape index (κ2) is 3.44. The quantitative estimate of drug-likeness (QED) is 0.709. The highest BCUT2D eigenvalue weighted by molar-refractivity contribution is 6.19. The van der Waals surface area contributed by atoms with Gasteiger partial charge in [-0.15, -0.1) is 0 Å². The number of anilines is 1. The van der Waals surface area contributed by atoms with Crippen LogP contribution in [0, 0.1) is 0 Å². The van der Waals surface area contributed by atoms with E-state index in [-0.39, 0.29) is 11.8 Å². The summed E-state index contributed by atoms with van der Waals surface area (Å²) in [7, 11) is 0. The molecule has 0 bridgehead atoms. The molecule has 1 saturated carbocycles. The molecular formula is C13H13NO2. The minimum atomic E-state index is -0.0795. The normalized spacial score (nSPS) is 20.6. The average molecular weight is 215 g/mol. The number of imide groups is 1. The number of rotatable bonds is 2. The maximum Gasteiger partial charge on any atom is 0.234 e. The van der Waals surface area contributed by atoms with Gasteiger partial charge in [0.25, 0.3) is 0 Å². The number of hydrogen-bond acceptors (Lipinski definition) is 2. The minimum absolute atomic E-state index is 0.0795. The maximum absolute atomic E-state index is 11.5. The molecule has 1 aromatic carbocycles. The van der Waals surface area contributed by atoms with E-state index in [9.17, 15) is 9.59 Å². The fourth-order valence-corrected chi connectivity index (χ4v) is 2.18. The average Bonchev–Trinajstić information content (AvgIpc) is 3.07. The fraction of sp³-hybridized carbons (Fsp3) is 0.385. The van der Waals surface area contributed by atoms with Crippen LogP contribution in [0.3, 0.4) is 0 Å². The molecule has 0 radical (unpaired) electrons. The standard InChI is InChI=1S/C13H13NO2/c15-12-7-8-13(16)14(12)11-5-3-10(4-6-11)9-1-2-9/h3-6,9H,1-2,7-8H2. The highest BCUT2D eigenvalue weighted by Crippen LogP contribution is 2.40. The van der Waals surface area contributed by atoms with Gasteiger partial charge in [-0.1, -0.05) is 12.1 Å². The van der Waals surface area contributed by atoms with Gasteiger partial charge in [-0.2, -0.15) is 0 Å². The van der Waals surface area contributed by atoms with Gasteiger partial charge < -0.3 is 0 Å². The van der Waals surface area contributed by atoms with Crippen LogP contribution in [0.5, 0.6) is 0 Å². The van der Waals surface area contributed by atoms with Crippen molar-refractivity contribution in [2.75, 3.05) is 4.90 Å². The Hall–Kier alpha value is -1.64. The van der Waals surface area contributed by atoms with Crippen LogP contribution in [0.15, 0.2) is 24.3 Å². The van der Waals surface area contributed by atoms with Gasteiger partial charge in [0, 0.05) is 12.8 Å². The van der Waals surface area contributed by atoms with Crippen LogP contribution < -0.4 is 4.90 Å². The molecule has 1 aromatic rings. The summed E-state index contributed by atoms with van der Waals surface area (Å²) in [6.45, 7) is 0. The molecule has 3 heteroatoms. The van der Waals surface area contributed by atoms with Crippen LogP contribution in [0.2, 0.25) is 0 Å². The molecule has 16 heavy (non-hydrogen) atoms. The van der Waals surface area contributed by atoms with Crippen molar-refractivity contribution >= 4 is 17.5 Å². The Kier molecular flexibility index (Phi) is 2.06. The highest BCUT2D eigenvalue weighted by atomic mass is 16.2. The second-order valence-corrected chi connectivity index (χ2v) is 4.49. The van der Waals surface area contributed by atoms with Gasteiger partial charge >= 0.3 is 0 Å². The Bertz CT molecular complexity index is 430. The summed E-state index contributed by atoms with van der Waals surface area (Å²) in [5, 5.41) is 0. The molecule has 0 unspecified atom stereocenters. The van der Waals surface area contributed by atoms with Crippen molar-refractivity contribution in [2.45, 2.75) is 31.6 Å². The van der Waals surface area contributed by atoms with Crippen molar-refractivity contribution < 1.29 is 9.59 Å². The summed E-state index contributed by atoms with van der Waals surface area (Å²) in [4.78, 5) is 24.3. The molecule has 2 amide bonds. The summed E-state index contributed by atoms with van der Waals surface area (Å²) in [5.41, 5.74) is 2.04. The molecule has 2 aliphatic rings. The Morgan fingerprint density at radius 1 is 0.938 bits per heavy atom. The molecule has 3 rings (SSSR count). The zero-order chi connectivity index (χ0) is 11.1. The van der Waals surface area contributed by atoms with Crippen LogP contribution in [-0.2, 0) is 9.59 Å². The van der Waals surface area contributed by atoms with Crippen molar-refractivity contribution in [1.82, 2.24) is 0 Å². The van der Waals surface area contributed by atoms with E-state index >= 15 is 0 Å². The van der Waals surface area contributed by atoms with E-state index in [0.717, 1.165) is 5.69 Å². The lowest BCUT2D eigenvalue weighted by Crippen LogP contribution is -2.28. The van der Waals surface area contributed by atoms with E-state index in [2.05, 4.69) is 0 Å². The molecule has 0 N–H and O–H groups in total. The summed E-state index contributed by atoms with van der Waals surface area (Å²) < 4.78 is 0. The molecule has 0 aromatic heterocycles. The lowest BCUT2D eigenvalue weighted by molar-refractivity contribution is -0.121. The number of carbonyl (C=O) groups excluding carboxylic acids is 2. The number of carbonyl (C=O) groups is 2. The van der Waals surface area contributed by atoms with Crippen LogP contribution >= 0.6 is 0 Å². The van der Waals surface area contributed by atoms with Crippen LogP contribution in [0.1, 0.15) is 37.2 Å².